The molecule has 1 heterocycles. The first-order chi connectivity index (χ1) is 8.81. The Morgan fingerprint density at radius 2 is 2.33 bits per heavy atom. The van der Waals surface area contributed by atoms with Crippen LogP contribution >= 0.6 is 11.8 Å². The van der Waals surface area contributed by atoms with Gasteiger partial charge in [-0.3, -0.25) is 0 Å². The summed E-state index contributed by atoms with van der Waals surface area (Å²) >= 11 is 1.58. The Morgan fingerprint density at radius 3 is 3.06 bits per heavy atom. The smallest absolute Gasteiger partial charge is 0.260 e. The maximum atomic E-state index is 5.29. The number of hydrogen-bond acceptors (Lipinski definition) is 4. The fraction of sp³-hybridized carbons (Fsp3) is 0.357. The molecule has 0 unspecified atom stereocenters. The van der Waals surface area contributed by atoms with Gasteiger partial charge in [-0.2, -0.15) is 0 Å². The molecule has 0 saturated heterocycles. The molecule has 1 N–H and O–H groups in total. The van der Waals surface area contributed by atoms with E-state index in [0.29, 0.717) is 5.22 Å². The van der Waals surface area contributed by atoms with Crippen LogP contribution in [0, 0.1) is 6.92 Å². The van der Waals surface area contributed by atoms with Crippen molar-refractivity contribution >= 4 is 11.8 Å². The zero-order chi connectivity index (χ0) is 12.4. The Balaban J connectivity index is 1.77. The molecule has 18 heavy (non-hydrogen) atoms. The van der Waals surface area contributed by atoms with Crippen molar-refractivity contribution in [1.82, 2.24) is 10.3 Å². The molecule has 94 valence electrons. The number of aromatic nitrogens is 1. The van der Waals surface area contributed by atoms with Gasteiger partial charge >= 0.3 is 0 Å². The van der Waals surface area contributed by atoms with Crippen LogP contribution in [0.15, 0.2) is 45.2 Å². The van der Waals surface area contributed by atoms with Crippen molar-refractivity contribution < 1.29 is 4.42 Å². The van der Waals surface area contributed by atoms with Crippen LogP contribution < -0.4 is 5.32 Å². The molecule has 0 amide bonds. The van der Waals surface area contributed by atoms with Gasteiger partial charge in [-0.05, 0) is 43.2 Å². The second kappa shape index (κ2) is 5.16. The monoisotopic (exact) mass is 260 g/mol. The Morgan fingerprint density at radius 1 is 1.44 bits per heavy atom. The van der Waals surface area contributed by atoms with Gasteiger partial charge in [0, 0.05) is 17.5 Å². The van der Waals surface area contributed by atoms with E-state index >= 15 is 0 Å². The van der Waals surface area contributed by atoms with Crippen molar-refractivity contribution in [1.29, 1.82) is 0 Å². The Bertz CT molecular complexity index is 521. The number of benzene rings is 1. The van der Waals surface area contributed by atoms with Crippen molar-refractivity contribution in [2.45, 2.75) is 42.5 Å². The normalized spacial score (nSPS) is 14.9. The van der Waals surface area contributed by atoms with Crippen LogP contribution in [0.4, 0.5) is 0 Å². The molecule has 1 saturated carbocycles. The van der Waals surface area contributed by atoms with Crippen LogP contribution in [0.25, 0.3) is 0 Å². The summed E-state index contributed by atoms with van der Waals surface area (Å²) in [5, 5.41) is 4.26. The number of nitrogens with zero attached hydrogens (tertiary/aromatic N) is 1. The summed E-state index contributed by atoms with van der Waals surface area (Å²) in [4.78, 5) is 5.38. The maximum absolute atomic E-state index is 5.29. The molecule has 1 aliphatic rings. The van der Waals surface area contributed by atoms with E-state index in [-0.39, 0.29) is 0 Å². The molecular formula is C14H16N2OS. The lowest BCUT2D eigenvalue weighted by molar-refractivity contribution is 0.454. The summed E-state index contributed by atoms with van der Waals surface area (Å²) in [6.07, 6.45) is 5.92. The number of rotatable bonds is 5. The summed E-state index contributed by atoms with van der Waals surface area (Å²) in [6, 6.07) is 7.24. The molecule has 1 aliphatic carbocycles. The first kappa shape index (κ1) is 11.8. The minimum Gasteiger partial charge on any atom is -0.440 e. The average molecular weight is 260 g/mol. The van der Waals surface area contributed by atoms with E-state index in [2.05, 4.69) is 35.4 Å². The van der Waals surface area contributed by atoms with Crippen molar-refractivity contribution in [2.75, 3.05) is 0 Å². The van der Waals surface area contributed by atoms with Crippen molar-refractivity contribution in [3.05, 3.63) is 41.8 Å². The average Bonchev–Trinajstić information content (AvgIpc) is 3.06. The van der Waals surface area contributed by atoms with Gasteiger partial charge in [0.25, 0.3) is 5.22 Å². The van der Waals surface area contributed by atoms with E-state index in [9.17, 15) is 0 Å². The molecule has 0 spiro atoms. The molecule has 1 fully saturated rings. The van der Waals surface area contributed by atoms with E-state index in [1.807, 2.05) is 0 Å². The fourth-order valence-corrected chi connectivity index (χ4v) is 2.65. The molecule has 1 aromatic carbocycles. The summed E-state index contributed by atoms with van der Waals surface area (Å²) in [7, 11) is 0. The van der Waals surface area contributed by atoms with E-state index in [1.54, 1.807) is 24.2 Å². The van der Waals surface area contributed by atoms with Gasteiger partial charge in [-0.25, -0.2) is 4.98 Å². The van der Waals surface area contributed by atoms with Crippen LogP contribution in [0.1, 0.15) is 24.0 Å². The molecule has 2 aromatic rings. The molecule has 0 atom stereocenters. The van der Waals surface area contributed by atoms with Gasteiger partial charge in [-0.1, -0.05) is 17.7 Å². The molecule has 3 nitrogen and oxygen atoms in total. The van der Waals surface area contributed by atoms with E-state index in [1.165, 1.54) is 28.9 Å². The van der Waals surface area contributed by atoms with E-state index < -0.39 is 0 Å². The van der Waals surface area contributed by atoms with Crippen LogP contribution in [-0.4, -0.2) is 11.0 Å². The minimum atomic E-state index is 0.700. The predicted octanol–water partition coefficient (Wildman–Crippen LogP) is 3.39. The zero-order valence-corrected chi connectivity index (χ0v) is 11.2. The second-order valence-electron chi connectivity index (χ2n) is 4.67. The topological polar surface area (TPSA) is 38.1 Å². The largest absolute Gasteiger partial charge is 0.440 e. The van der Waals surface area contributed by atoms with Crippen LogP contribution in [0.2, 0.25) is 0 Å². The van der Waals surface area contributed by atoms with Gasteiger partial charge in [0.05, 0.1) is 6.20 Å². The standard InChI is InChI=1S/C14H16N2OS/c1-10-2-5-13(18-14-15-6-7-17-14)11(8-10)9-16-12-3-4-12/h2,5-8,12,16H,3-4,9H2,1H3. The number of oxazole rings is 1. The maximum Gasteiger partial charge on any atom is 0.260 e. The predicted molar refractivity (Wildman–Crippen MR) is 71.7 cm³/mol. The Hall–Kier alpha value is -1.26. The molecule has 0 aliphatic heterocycles. The molecule has 3 rings (SSSR count). The van der Waals surface area contributed by atoms with Crippen molar-refractivity contribution in [3.8, 4) is 0 Å². The third-order valence-corrected chi connectivity index (χ3v) is 3.98. The minimum absolute atomic E-state index is 0.700. The van der Waals surface area contributed by atoms with Gasteiger partial charge in [0.15, 0.2) is 0 Å². The zero-order valence-electron chi connectivity index (χ0n) is 10.3. The molecule has 4 heteroatoms. The molecule has 0 bridgehead atoms. The lowest BCUT2D eigenvalue weighted by Gasteiger charge is -2.09. The van der Waals surface area contributed by atoms with E-state index in [0.717, 1.165) is 12.6 Å². The second-order valence-corrected chi connectivity index (χ2v) is 5.66. The van der Waals surface area contributed by atoms with Crippen molar-refractivity contribution in [3.63, 3.8) is 0 Å². The lowest BCUT2D eigenvalue weighted by Crippen LogP contribution is -2.15. The molecular weight excluding hydrogens is 244 g/mol. The summed E-state index contributed by atoms with van der Waals surface area (Å²) < 4.78 is 5.29. The molecule has 0 radical (unpaired) electrons. The highest BCUT2D eigenvalue weighted by molar-refractivity contribution is 7.99. The van der Waals surface area contributed by atoms with Gasteiger partial charge < -0.3 is 9.73 Å². The Labute approximate surface area is 111 Å². The van der Waals surface area contributed by atoms with Gasteiger partial charge in [-0.15, -0.1) is 0 Å². The number of aryl methyl sites for hydroxylation is 1. The highest BCUT2D eigenvalue weighted by Crippen LogP contribution is 2.30. The van der Waals surface area contributed by atoms with Crippen LogP contribution in [-0.2, 0) is 6.54 Å². The van der Waals surface area contributed by atoms with Gasteiger partial charge in [0.2, 0.25) is 0 Å². The third kappa shape index (κ3) is 2.94. The third-order valence-electron chi connectivity index (χ3n) is 2.98. The lowest BCUT2D eigenvalue weighted by atomic mass is 10.1. The quantitative estimate of drug-likeness (QED) is 0.894. The van der Waals surface area contributed by atoms with Crippen LogP contribution in [0.5, 0.6) is 0 Å². The highest BCUT2D eigenvalue weighted by atomic mass is 32.2. The van der Waals surface area contributed by atoms with Crippen molar-refractivity contribution in [2.24, 2.45) is 0 Å². The first-order valence-corrected chi connectivity index (χ1v) is 7.03. The van der Waals surface area contributed by atoms with Crippen LogP contribution in [0.3, 0.4) is 0 Å². The Kier molecular flexibility index (Phi) is 3.39. The summed E-state index contributed by atoms with van der Waals surface area (Å²) in [6.45, 7) is 3.05. The molecule has 1 aromatic heterocycles. The summed E-state index contributed by atoms with van der Waals surface area (Å²) in [5.41, 5.74) is 2.62. The fourth-order valence-electron chi connectivity index (χ4n) is 1.84. The summed E-state index contributed by atoms with van der Waals surface area (Å²) in [5.74, 6) is 0. The van der Waals surface area contributed by atoms with Gasteiger partial charge in [0.1, 0.15) is 6.26 Å². The first-order valence-electron chi connectivity index (χ1n) is 6.21. The number of nitrogens with one attached hydrogen (secondary N) is 1. The van der Waals surface area contributed by atoms with E-state index in [4.69, 9.17) is 4.42 Å². The number of hydrogen-bond donors (Lipinski definition) is 1. The SMILES string of the molecule is Cc1ccc(Sc2ncco2)c(CNC2CC2)c1. The highest BCUT2D eigenvalue weighted by Gasteiger charge is 2.20.